The van der Waals surface area contributed by atoms with Crippen molar-refractivity contribution in [1.29, 1.82) is 0 Å². The third-order valence-corrected chi connectivity index (χ3v) is 2.81. The van der Waals surface area contributed by atoms with Crippen molar-refractivity contribution in [2.45, 2.75) is 12.5 Å². The number of hydrogen-bond acceptors (Lipinski definition) is 4. The Morgan fingerprint density at radius 3 is 3.11 bits per heavy atom. The first-order valence-corrected chi connectivity index (χ1v) is 6.03. The number of morpholine rings is 1. The van der Waals surface area contributed by atoms with E-state index in [4.69, 9.17) is 9.47 Å². The zero-order valence-corrected chi connectivity index (χ0v) is 10.4. The standard InChI is InChI=1S/C13H18N2O3/c1-17-12-5-3-2-4-11(12)15-13(16)8-10-9-18-7-6-14-10/h2-5,10,14H,6-9H2,1H3,(H,15,16). The lowest BCUT2D eigenvalue weighted by molar-refractivity contribution is -0.117. The number of amides is 1. The lowest BCUT2D eigenvalue weighted by Crippen LogP contribution is -2.43. The molecule has 5 nitrogen and oxygen atoms in total. The molecule has 1 aromatic carbocycles. The molecule has 1 fully saturated rings. The van der Waals surface area contributed by atoms with Crippen LogP contribution in [-0.2, 0) is 9.53 Å². The highest BCUT2D eigenvalue weighted by molar-refractivity contribution is 5.92. The summed E-state index contributed by atoms with van der Waals surface area (Å²) in [7, 11) is 1.58. The van der Waals surface area contributed by atoms with Crippen molar-refractivity contribution in [3.8, 4) is 5.75 Å². The first-order chi connectivity index (χ1) is 8.79. The molecule has 0 saturated carbocycles. The Balaban J connectivity index is 1.90. The Bertz CT molecular complexity index is 403. The average Bonchev–Trinajstić information content (AvgIpc) is 2.40. The van der Waals surface area contributed by atoms with Gasteiger partial charge in [-0.2, -0.15) is 0 Å². The number of para-hydroxylation sites is 2. The van der Waals surface area contributed by atoms with Crippen LogP contribution >= 0.6 is 0 Å². The molecule has 1 saturated heterocycles. The largest absolute Gasteiger partial charge is 0.495 e. The molecular formula is C13H18N2O3. The molecule has 1 amide bonds. The highest BCUT2D eigenvalue weighted by Gasteiger charge is 2.17. The molecule has 1 aliphatic rings. The molecule has 1 unspecified atom stereocenters. The van der Waals surface area contributed by atoms with Crippen molar-refractivity contribution in [2.75, 3.05) is 32.2 Å². The Morgan fingerprint density at radius 2 is 2.39 bits per heavy atom. The third kappa shape index (κ3) is 3.45. The highest BCUT2D eigenvalue weighted by Crippen LogP contribution is 2.23. The van der Waals surface area contributed by atoms with Crippen LogP contribution < -0.4 is 15.4 Å². The van der Waals surface area contributed by atoms with Gasteiger partial charge in [0.05, 0.1) is 26.0 Å². The monoisotopic (exact) mass is 250 g/mol. The summed E-state index contributed by atoms with van der Waals surface area (Å²) in [5, 5.41) is 6.10. The first kappa shape index (κ1) is 12.9. The number of nitrogens with one attached hydrogen (secondary N) is 2. The topological polar surface area (TPSA) is 59.6 Å². The third-order valence-electron chi connectivity index (χ3n) is 2.81. The van der Waals surface area contributed by atoms with Crippen molar-refractivity contribution in [3.05, 3.63) is 24.3 Å². The van der Waals surface area contributed by atoms with Crippen molar-refractivity contribution in [1.82, 2.24) is 5.32 Å². The van der Waals surface area contributed by atoms with E-state index in [1.165, 1.54) is 0 Å². The van der Waals surface area contributed by atoms with E-state index >= 15 is 0 Å². The number of benzene rings is 1. The van der Waals surface area contributed by atoms with Gasteiger partial charge in [0.2, 0.25) is 5.91 Å². The number of hydrogen-bond donors (Lipinski definition) is 2. The van der Waals surface area contributed by atoms with Gasteiger partial charge in [0.15, 0.2) is 0 Å². The molecule has 2 N–H and O–H groups in total. The van der Waals surface area contributed by atoms with Crippen LogP contribution in [0.5, 0.6) is 5.75 Å². The molecule has 1 aromatic rings. The normalized spacial score (nSPS) is 19.3. The minimum Gasteiger partial charge on any atom is -0.495 e. The molecule has 0 spiro atoms. The summed E-state index contributed by atoms with van der Waals surface area (Å²) in [6.07, 6.45) is 0.401. The molecular weight excluding hydrogens is 232 g/mol. The van der Waals surface area contributed by atoms with E-state index in [2.05, 4.69) is 10.6 Å². The van der Waals surface area contributed by atoms with Crippen LogP contribution in [0.15, 0.2) is 24.3 Å². The van der Waals surface area contributed by atoms with Gasteiger partial charge in [0, 0.05) is 19.0 Å². The molecule has 0 aromatic heterocycles. The van der Waals surface area contributed by atoms with Gasteiger partial charge in [-0.1, -0.05) is 12.1 Å². The van der Waals surface area contributed by atoms with Crippen LogP contribution in [-0.4, -0.2) is 38.8 Å². The van der Waals surface area contributed by atoms with Crippen molar-refractivity contribution in [3.63, 3.8) is 0 Å². The van der Waals surface area contributed by atoms with E-state index < -0.39 is 0 Å². The maximum absolute atomic E-state index is 11.9. The summed E-state index contributed by atoms with van der Waals surface area (Å²) in [5.41, 5.74) is 0.696. The molecule has 5 heteroatoms. The fraction of sp³-hybridized carbons (Fsp3) is 0.462. The smallest absolute Gasteiger partial charge is 0.226 e. The highest BCUT2D eigenvalue weighted by atomic mass is 16.5. The van der Waals surface area contributed by atoms with Crippen LogP contribution in [0.1, 0.15) is 6.42 Å². The zero-order valence-electron chi connectivity index (χ0n) is 10.4. The molecule has 2 rings (SSSR count). The Kier molecular flexibility index (Phi) is 4.55. The number of rotatable bonds is 4. The predicted octanol–water partition coefficient (Wildman–Crippen LogP) is 1.01. The molecule has 1 heterocycles. The van der Waals surface area contributed by atoms with Gasteiger partial charge in [0.1, 0.15) is 5.75 Å². The second kappa shape index (κ2) is 6.37. The fourth-order valence-corrected chi connectivity index (χ4v) is 1.92. The van der Waals surface area contributed by atoms with Crippen LogP contribution in [0.2, 0.25) is 0 Å². The van der Waals surface area contributed by atoms with E-state index in [-0.39, 0.29) is 11.9 Å². The minimum absolute atomic E-state index is 0.0394. The van der Waals surface area contributed by atoms with Gasteiger partial charge in [-0.15, -0.1) is 0 Å². The molecule has 0 radical (unpaired) electrons. The Morgan fingerprint density at radius 1 is 1.56 bits per heavy atom. The second-order valence-corrected chi connectivity index (χ2v) is 4.18. The summed E-state index contributed by atoms with van der Waals surface area (Å²) >= 11 is 0. The molecule has 98 valence electrons. The van der Waals surface area contributed by atoms with Crippen molar-refractivity contribution in [2.24, 2.45) is 0 Å². The van der Waals surface area contributed by atoms with Crippen molar-refractivity contribution >= 4 is 11.6 Å². The number of carbonyl (C=O) groups is 1. The predicted molar refractivity (Wildman–Crippen MR) is 68.9 cm³/mol. The number of ether oxygens (including phenoxy) is 2. The number of methoxy groups -OCH3 is 1. The van der Waals surface area contributed by atoms with Gasteiger partial charge >= 0.3 is 0 Å². The lowest BCUT2D eigenvalue weighted by Gasteiger charge is -2.23. The average molecular weight is 250 g/mol. The van der Waals surface area contributed by atoms with Crippen LogP contribution in [0.25, 0.3) is 0 Å². The molecule has 0 bridgehead atoms. The summed E-state index contributed by atoms with van der Waals surface area (Å²) in [6, 6.07) is 7.46. The Labute approximate surface area is 106 Å². The van der Waals surface area contributed by atoms with Gasteiger partial charge in [-0.05, 0) is 12.1 Å². The number of anilines is 1. The molecule has 1 atom stereocenters. The molecule has 18 heavy (non-hydrogen) atoms. The SMILES string of the molecule is COc1ccccc1NC(=O)CC1COCCN1. The first-order valence-electron chi connectivity index (χ1n) is 6.03. The summed E-state index contributed by atoms with van der Waals surface area (Å²) in [6.45, 7) is 2.09. The van der Waals surface area contributed by atoms with Gasteiger partial charge in [-0.3, -0.25) is 4.79 Å². The zero-order chi connectivity index (χ0) is 12.8. The van der Waals surface area contributed by atoms with Crippen LogP contribution in [0.4, 0.5) is 5.69 Å². The van der Waals surface area contributed by atoms with Crippen LogP contribution in [0.3, 0.4) is 0 Å². The van der Waals surface area contributed by atoms with E-state index in [1.54, 1.807) is 7.11 Å². The van der Waals surface area contributed by atoms with Gasteiger partial charge < -0.3 is 20.1 Å². The Hall–Kier alpha value is -1.59. The maximum Gasteiger partial charge on any atom is 0.226 e. The quantitative estimate of drug-likeness (QED) is 0.837. The van der Waals surface area contributed by atoms with Gasteiger partial charge in [0.25, 0.3) is 0 Å². The molecule has 0 aliphatic carbocycles. The van der Waals surface area contributed by atoms with Crippen LogP contribution in [0, 0.1) is 0 Å². The minimum atomic E-state index is -0.0394. The summed E-state index contributed by atoms with van der Waals surface area (Å²) in [4.78, 5) is 11.9. The van der Waals surface area contributed by atoms with Gasteiger partial charge in [-0.25, -0.2) is 0 Å². The summed E-state index contributed by atoms with van der Waals surface area (Å²) in [5.74, 6) is 0.626. The number of carbonyl (C=O) groups excluding carboxylic acids is 1. The lowest BCUT2D eigenvalue weighted by atomic mass is 10.2. The van der Waals surface area contributed by atoms with E-state index in [0.717, 1.165) is 6.54 Å². The molecule has 1 aliphatic heterocycles. The van der Waals surface area contributed by atoms with E-state index in [0.29, 0.717) is 31.1 Å². The summed E-state index contributed by atoms with van der Waals surface area (Å²) < 4.78 is 10.5. The van der Waals surface area contributed by atoms with Crippen molar-refractivity contribution < 1.29 is 14.3 Å². The van der Waals surface area contributed by atoms with E-state index in [9.17, 15) is 4.79 Å². The van der Waals surface area contributed by atoms with E-state index in [1.807, 2.05) is 24.3 Å². The maximum atomic E-state index is 11.9. The second-order valence-electron chi connectivity index (χ2n) is 4.18. The fourth-order valence-electron chi connectivity index (χ4n) is 1.92.